The fraction of sp³-hybridized carbons (Fsp3) is 0.100. The Morgan fingerprint density at radius 1 is 1.31 bits per heavy atom. The van der Waals surface area contributed by atoms with Crippen LogP contribution in [0.15, 0.2) is 28.9 Å². The molecule has 1 aromatic heterocycles. The standard InChI is InChI=1S/C10H7BrFN/c1-6-4-7-5-8(12)2-3-9(7)13-10(6)11/h2-5H,1H3. The van der Waals surface area contributed by atoms with Crippen LogP contribution in [-0.2, 0) is 0 Å². The number of aryl methyl sites for hydroxylation is 1. The number of fused-ring (bicyclic) bond motifs is 1. The van der Waals surface area contributed by atoms with E-state index in [4.69, 9.17) is 0 Å². The molecule has 0 spiro atoms. The highest BCUT2D eigenvalue weighted by atomic mass is 79.9. The summed E-state index contributed by atoms with van der Waals surface area (Å²) in [5.41, 5.74) is 1.82. The molecule has 0 radical (unpaired) electrons. The van der Waals surface area contributed by atoms with Crippen LogP contribution in [0.3, 0.4) is 0 Å². The minimum absolute atomic E-state index is 0.226. The molecule has 1 aromatic carbocycles. The van der Waals surface area contributed by atoms with E-state index in [1.807, 2.05) is 13.0 Å². The van der Waals surface area contributed by atoms with E-state index in [1.54, 1.807) is 6.07 Å². The van der Waals surface area contributed by atoms with Gasteiger partial charge in [-0.3, -0.25) is 0 Å². The average Bonchev–Trinajstić information content (AvgIpc) is 2.08. The topological polar surface area (TPSA) is 12.9 Å². The number of aromatic nitrogens is 1. The maximum absolute atomic E-state index is 12.8. The Balaban J connectivity index is 2.81. The molecule has 66 valence electrons. The second kappa shape index (κ2) is 3.07. The lowest BCUT2D eigenvalue weighted by Gasteiger charge is -2.01. The van der Waals surface area contributed by atoms with Crippen molar-refractivity contribution in [2.45, 2.75) is 6.92 Å². The summed E-state index contributed by atoms with van der Waals surface area (Å²) in [6, 6.07) is 6.49. The van der Waals surface area contributed by atoms with Crippen LogP contribution in [0.25, 0.3) is 10.9 Å². The molecule has 0 saturated heterocycles. The van der Waals surface area contributed by atoms with Gasteiger partial charge in [-0.25, -0.2) is 9.37 Å². The van der Waals surface area contributed by atoms with Gasteiger partial charge in [-0.05, 0) is 52.7 Å². The summed E-state index contributed by atoms with van der Waals surface area (Å²) in [5.74, 6) is -0.226. The van der Waals surface area contributed by atoms with Crippen LogP contribution in [0.5, 0.6) is 0 Å². The zero-order chi connectivity index (χ0) is 9.42. The second-order valence-electron chi connectivity index (χ2n) is 2.93. The van der Waals surface area contributed by atoms with Crippen LogP contribution < -0.4 is 0 Å². The molecule has 0 aliphatic carbocycles. The summed E-state index contributed by atoms with van der Waals surface area (Å²) in [7, 11) is 0. The van der Waals surface area contributed by atoms with E-state index in [2.05, 4.69) is 20.9 Å². The van der Waals surface area contributed by atoms with Crippen molar-refractivity contribution in [3.8, 4) is 0 Å². The van der Waals surface area contributed by atoms with Crippen LogP contribution >= 0.6 is 15.9 Å². The Morgan fingerprint density at radius 2 is 2.08 bits per heavy atom. The summed E-state index contributed by atoms with van der Waals surface area (Å²) in [5, 5.41) is 0.834. The number of hydrogen-bond donors (Lipinski definition) is 0. The van der Waals surface area contributed by atoms with Gasteiger partial charge in [0.05, 0.1) is 5.52 Å². The first kappa shape index (κ1) is 8.63. The van der Waals surface area contributed by atoms with Crippen molar-refractivity contribution in [1.82, 2.24) is 4.98 Å². The minimum atomic E-state index is -0.226. The zero-order valence-electron chi connectivity index (χ0n) is 7.01. The molecule has 1 heterocycles. The van der Waals surface area contributed by atoms with E-state index < -0.39 is 0 Å². The average molecular weight is 240 g/mol. The molecule has 0 fully saturated rings. The molecular formula is C10H7BrFN. The molecule has 0 atom stereocenters. The second-order valence-corrected chi connectivity index (χ2v) is 3.68. The third kappa shape index (κ3) is 1.56. The highest BCUT2D eigenvalue weighted by Crippen LogP contribution is 2.20. The normalized spacial score (nSPS) is 10.7. The van der Waals surface area contributed by atoms with Crippen LogP contribution in [0.2, 0.25) is 0 Å². The van der Waals surface area contributed by atoms with Gasteiger partial charge < -0.3 is 0 Å². The molecule has 0 aliphatic rings. The van der Waals surface area contributed by atoms with Crippen molar-refractivity contribution >= 4 is 26.8 Å². The molecule has 2 aromatic rings. The fourth-order valence-corrected chi connectivity index (χ4v) is 1.54. The Labute approximate surface area is 83.7 Å². The summed E-state index contributed by atoms with van der Waals surface area (Å²) in [6.45, 7) is 1.93. The number of halogens is 2. The highest BCUT2D eigenvalue weighted by molar-refractivity contribution is 9.10. The van der Waals surface area contributed by atoms with E-state index in [0.717, 1.165) is 21.1 Å². The van der Waals surface area contributed by atoms with Gasteiger partial charge in [0.25, 0.3) is 0 Å². The van der Waals surface area contributed by atoms with Crippen LogP contribution in [0, 0.1) is 12.7 Å². The molecule has 0 bridgehead atoms. The molecule has 1 nitrogen and oxygen atoms in total. The quantitative estimate of drug-likeness (QED) is 0.642. The van der Waals surface area contributed by atoms with Crippen molar-refractivity contribution in [3.05, 3.63) is 40.2 Å². The van der Waals surface area contributed by atoms with Gasteiger partial charge in [0.1, 0.15) is 10.4 Å². The number of hydrogen-bond acceptors (Lipinski definition) is 1. The minimum Gasteiger partial charge on any atom is -0.241 e. The van der Waals surface area contributed by atoms with Gasteiger partial charge in [0.15, 0.2) is 0 Å². The SMILES string of the molecule is Cc1cc2cc(F)ccc2nc1Br. The third-order valence-corrected chi connectivity index (χ3v) is 2.71. The highest BCUT2D eigenvalue weighted by Gasteiger charge is 2.01. The molecule has 0 unspecified atom stereocenters. The number of nitrogens with zero attached hydrogens (tertiary/aromatic N) is 1. The predicted octanol–water partition coefficient (Wildman–Crippen LogP) is 3.44. The Kier molecular flexibility index (Phi) is 2.04. The molecule has 13 heavy (non-hydrogen) atoms. The van der Waals surface area contributed by atoms with Gasteiger partial charge in [0, 0.05) is 5.39 Å². The molecule has 0 N–H and O–H groups in total. The molecule has 2 rings (SSSR count). The van der Waals surface area contributed by atoms with E-state index in [-0.39, 0.29) is 5.82 Å². The van der Waals surface area contributed by atoms with Gasteiger partial charge in [0.2, 0.25) is 0 Å². The van der Waals surface area contributed by atoms with Crippen LogP contribution in [-0.4, -0.2) is 4.98 Å². The largest absolute Gasteiger partial charge is 0.241 e. The predicted molar refractivity (Wildman–Crippen MR) is 54.1 cm³/mol. The number of benzene rings is 1. The summed E-state index contributed by atoms with van der Waals surface area (Å²) < 4.78 is 13.6. The van der Waals surface area contributed by atoms with Gasteiger partial charge in [-0.2, -0.15) is 0 Å². The Bertz CT molecular complexity index is 468. The molecular weight excluding hydrogens is 233 g/mol. The van der Waals surface area contributed by atoms with Gasteiger partial charge >= 0.3 is 0 Å². The van der Waals surface area contributed by atoms with Crippen LogP contribution in [0.1, 0.15) is 5.56 Å². The fourth-order valence-electron chi connectivity index (χ4n) is 1.23. The van der Waals surface area contributed by atoms with Crippen molar-refractivity contribution in [2.24, 2.45) is 0 Å². The van der Waals surface area contributed by atoms with Crippen molar-refractivity contribution < 1.29 is 4.39 Å². The molecule has 3 heteroatoms. The van der Waals surface area contributed by atoms with Gasteiger partial charge in [-0.1, -0.05) is 0 Å². The monoisotopic (exact) mass is 239 g/mol. The van der Waals surface area contributed by atoms with E-state index in [0.29, 0.717) is 0 Å². The van der Waals surface area contributed by atoms with Crippen LogP contribution in [0.4, 0.5) is 4.39 Å². The summed E-state index contributed by atoms with van der Waals surface area (Å²) in [6.07, 6.45) is 0. The first-order chi connectivity index (χ1) is 6.16. The molecule has 0 aliphatic heterocycles. The third-order valence-electron chi connectivity index (χ3n) is 1.91. The lowest BCUT2D eigenvalue weighted by molar-refractivity contribution is 0.629. The molecule has 0 amide bonds. The lowest BCUT2D eigenvalue weighted by Crippen LogP contribution is -1.85. The first-order valence-electron chi connectivity index (χ1n) is 3.89. The Hall–Kier alpha value is -0.960. The summed E-state index contributed by atoms with van der Waals surface area (Å²) >= 11 is 3.33. The van der Waals surface area contributed by atoms with E-state index in [9.17, 15) is 4.39 Å². The lowest BCUT2D eigenvalue weighted by atomic mass is 10.2. The zero-order valence-corrected chi connectivity index (χ0v) is 8.60. The summed E-state index contributed by atoms with van der Waals surface area (Å²) in [4.78, 5) is 4.27. The number of rotatable bonds is 0. The maximum Gasteiger partial charge on any atom is 0.123 e. The Morgan fingerprint density at radius 3 is 2.85 bits per heavy atom. The van der Waals surface area contributed by atoms with Gasteiger partial charge in [-0.15, -0.1) is 0 Å². The smallest absolute Gasteiger partial charge is 0.123 e. The first-order valence-corrected chi connectivity index (χ1v) is 4.68. The van der Waals surface area contributed by atoms with Crippen molar-refractivity contribution in [2.75, 3.05) is 0 Å². The number of pyridine rings is 1. The van der Waals surface area contributed by atoms with E-state index >= 15 is 0 Å². The maximum atomic E-state index is 12.8. The van der Waals surface area contributed by atoms with Crippen molar-refractivity contribution in [3.63, 3.8) is 0 Å². The molecule has 0 saturated carbocycles. The van der Waals surface area contributed by atoms with Crippen molar-refractivity contribution in [1.29, 1.82) is 0 Å². The van der Waals surface area contributed by atoms with E-state index in [1.165, 1.54) is 12.1 Å².